The highest BCUT2D eigenvalue weighted by Crippen LogP contribution is 2.22. The van der Waals surface area contributed by atoms with E-state index in [0.717, 1.165) is 37.1 Å². The zero-order valence-electron chi connectivity index (χ0n) is 11.3. The molecule has 102 valence electrons. The van der Waals surface area contributed by atoms with E-state index < -0.39 is 0 Å². The van der Waals surface area contributed by atoms with Gasteiger partial charge in [-0.1, -0.05) is 6.07 Å². The van der Waals surface area contributed by atoms with Crippen molar-refractivity contribution in [1.29, 1.82) is 0 Å². The zero-order chi connectivity index (χ0) is 13.2. The molecule has 1 atom stereocenters. The van der Waals surface area contributed by atoms with Crippen molar-refractivity contribution in [3.8, 4) is 0 Å². The van der Waals surface area contributed by atoms with Crippen molar-refractivity contribution in [2.75, 3.05) is 20.1 Å². The van der Waals surface area contributed by atoms with Gasteiger partial charge in [0, 0.05) is 24.7 Å². The van der Waals surface area contributed by atoms with Gasteiger partial charge in [0.25, 0.3) is 5.91 Å². The molecule has 4 heteroatoms. The number of rotatable bonds is 2. The molecule has 4 nitrogen and oxygen atoms in total. The maximum atomic E-state index is 12.5. The number of likely N-dealkylation sites (tertiary alicyclic amines) is 1. The second-order valence-corrected chi connectivity index (χ2v) is 5.36. The highest BCUT2D eigenvalue weighted by molar-refractivity contribution is 5.94. The molecule has 1 aromatic rings. The summed E-state index contributed by atoms with van der Waals surface area (Å²) in [7, 11) is 1.96. The van der Waals surface area contributed by atoms with Gasteiger partial charge in [0.2, 0.25) is 0 Å². The summed E-state index contributed by atoms with van der Waals surface area (Å²) < 4.78 is 5.39. The summed E-state index contributed by atoms with van der Waals surface area (Å²) in [6, 6.07) is 6.37. The fraction of sp³-hybridized carbons (Fsp3) is 0.533. The molecular weight excluding hydrogens is 240 g/mol. The topological polar surface area (TPSA) is 41.6 Å². The average molecular weight is 260 g/mol. The largest absolute Gasteiger partial charge is 0.372 e. The Morgan fingerprint density at radius 2 is 2.21 bits per heavy atom. The van der Waals surface area contributed by atoms with E-state index >= 15 is 0 Å². The van der Waals surface area contributed by atoms with Gasteiger partial charge in [-0.25, -0.2) is 0 Å². The van der Waals surface area contributed by atoms with E-state index in [1.54, 1.807) is 0 Å². The normalized spacial score (nSPS) is 22.4. The Kier molecular flexibility index (Phi) is 3.53. The first-order valence-corrected chi connectivity index (χ1v) is 6.94. The zero-order valence-corrected chi connectivity index (χ0v) is 11.3. The minimum Gasteiger partial charge on any atom is -0.372 e. The Hall–Kier alpha value is -1.39. The molecule has 0 radical (unpaired) electrons. The lowest BCUT2D eigenvalue weighted by Gasteiger charge is -2.32. The van der Waals surface area contributed by atoms with Crippen LogP contribution in [0.4, 0.5) is 0 Å². The van der Waals surface area contributed by atoms with Crippen molar-refractivity contribution in [3.05, 3.63) is 34.9 Å². The highest BCUT2D eigenvalue weighted by atomic mass is 16.5. The Balaban J connectivity index is 1.76. The number of benzene rings is 1. The smallest absolute Gasteiger partial charge is 0.253 e. The first kappa shape index (κ1) is 12.6. The number of ether oxygens (including phenoxy) is 1. The Bertz CT molecular complexity index is 487. The van der Waals surface area contributed by atoms with Crippen LogP contribution in [0.3, 0.4) is 0 Å². The maximum Gasteiger partial charge on any atom is 0.253 e. The highest BCUT2D eigenvalue weighted by Gasteiger charge is 2.24. The van der Waals surface area contributed by atoms with E-state index in [1.165, 1.54) is 5.56 Å². The van der Waals surface area contributed by atoms with Crippen molar-refractivity contribution in [2.45, 2.75) is 32.1 Å². The number of hydrogen-bond donors (Lipinski definition) is 1. The number of likely N-dealkylation sites (N-methyl/N-ethyl adjacent to an activating group) is 1. The summed E-state index contributed by atoms with van der Waals surface area (Å²) in [5, 5.41) is 3.27. The predicted octanol–water partition coefficient (Wildman–Crippen LogP) is 1.54. The summed E-state index contributed by atoms with van der Waals surface area (Å²) in [5.41, 5.74) is 3.16. The molecule has 0 saturated carbocycles. The van der Waals surface area contributed by atoms with Gasteiger partial charge in [-0.3, -0.25) is 4.79 Å². The van der Waals surface area contributed by atoms with Gasteiger partial charge >= 0.3 is 0 Å². The molecule has 0 aromatic heterocycles. The number of piperidine rings is 1. The van der Waals surface area contributed by atoms with E-state index in [1.807, 2.05) is 30.1 Å². The third kappa shape index (κ3) is 2.51. The summed E-state index contributed by atoms with van der Waals surface area (Å²) in [6.45, 7) is 2.98. The average Bonchev–Trinajstić information content (AvgIpc) is 2.94. The molecule has 1 fully saturated rings. The van der Waals surface area contributed by atoms with E-state index in [4.69, 9.17) is 4.74 Å². The standard InChI is InChI=1S/C15H20N2O2/c1-16-14-3-2-6-17(8-14)15(18)11-4-5-12-9-19-10-13(12)7-11/h4-5,7,14,16H,2-3,6,8-10H2,1H3. The SMILES string of the molecule is CNC1CCCN(C(=O)c2ccc3c(c2)COC3)C1. The first-order valence-electron chi connectivity index (χ1n) is 6.94. The number of fused-ring (bicyclic) bond motifs is 1. The molecule has 2 aliphatic heterocycles. The number of hydrogen-bond acceptors (Lipinski definition) is 3. The minimum absolute atomic E-state index is 0.148. The van der Waals surface area contributed by atoms with Crippen LogP contribution in [0.2, 0.25) is 0 Å². The predicted molar refractivity (Wildman–Crippen MR) is 72.9 cm³/mol. The van der Waals surface area contributed by atoms with E-state index in [-0.39, 0.29) is 5.91 Å². The van der Waals surface area contributed by atoms with Crippen molar-refractivity contribution >= 4 is 5.91 Å². The number of nitrogens with one attached hydrogen (secondary N) is 1. The van der Waals surface area contributed by atoms with Crippen molar-refractivity contribution in [2.24, 2.45) is 0 Å². The first-order chi connectivity index (χ1) is 9.28. The summed E-state index contributed by atoms with van der Waals surface area (Å²) in [6.07, 6.45) is 2.23. The molecule has 19 heavy (non-hydrogen) atoms. The molecule has 0 bridgehead atoms. The van der Waals surface area contributed by atoms with Crippen molar-refractivity contribution in [3.63, 3.8) is 0 Å². The summed E-state index contributed by atoms with van der Waals surface area (Å²) in [5.74, 6) is 0.148. The van der Waals surface area contributed by atoms with E-state index in [0.29, 0.717) is 19.3 Å². The monoisotopic (exact) mass is 260 g/mol. The number of nitrogens with zero attached hydrogens (tertiary/aromatic N) is 1. The fourth-order valence-corrected chi connectivity index (χ4v) is 2.88. The summed E-state index contributed by atoms with van der Waals surface area (Å²) in [4.78, 5) is 14.5. The van der Waals surface area contributed by atoms with Crippen LogP contribution >= 0.6 is 0 Å². The molecule has 0 spiro atoms. The second-order valence-electron chi connectivity index (χ2n) is 5.36. The lowest BCUT2D eigenvalue weighted by molar-refractivity contribution is 0.0698. The molecule has 1 saturated heterocycles. The van der Waals surface area contributed by atoms with Crippen LogP contribution in [-0.4, -0.2) is 37.0 Å². The molecule has 2 aliphatic rings. The fourth-order valence-electron chi connectivity index (χ4n) is 2.88. The van der Waals surface area contributed by atoms with Gasteiger partial charge in [0.1, 0.15) is 0 Å². The molecule has 1 aromatic carbocycles. The molecule has 1 amide bonds. The molecule has 1 N–H and O–H groups in total. The number of carbonyl (C=O) groups excluding carboxylic acids is 1. The van der Waals surface area contributed by atoms with E-state index in [2.05, 4.69) is 5.32 Å². The second kappa shape index (κ2) is 5.31. The van der Waals surface area contributed by atoms with E-state index in [9.17, 15) is 4.79 Å². The van der Waals surface area contributed by atoms with Crippen LogP contribution in [-0.2, 0) is 18.0 Å². The van der Waals surface area contributed by atoms with Crippen LogP contribution in [0.25, 0.3) is 0 Å². The van der Waals surface area contributed by atoms with Gasteiger partial charge in [-0.15, -0.1) is 0 Å². The third-order valence-corrected chi connectivity index (χ3v) is 4.09. The van der Waals surface area contributed by atoms with Crippen LogP contribution in [0, 0.1) is 0 Å². The van der Waals surface area contributed by atoms with Crippen LogP contribution in [0.1, 0.15) is 34.3 Å². The van der Waals surface area contributed by atoms with Gasteiger partial charge in [-0.2, -0.15) is 0 Å². The molecule has 3 rings (SSSR count). The quantitative estimate of drug-likeness (QED) is 0.877. The van der Waals surface area contributed by atoms with Crippen molar-refractivity contribution in [1.82, 2.24) is 10.2 Å². The van der Waals surface area contributed by atoms with Gasteiger partial charge in [0.05, 0.1) is 13.2 Å². The Morgan fingerprint density at radius 3 is 3.05 bits per heavy atom. The molecule has 2 heterocycles. The maximum absolute atomic E-state index is 12.5. The van der Waals surface area contributed by atoms with Crippen LogP contribution in [0.5, 0.6) is 0 Å². The number of carbonyl (C=O) groups is 1. The van der Waals surface area contributed by atoms with Crippen LogP contribution in [0.15, 0.2) is 18.2 Å². The van der Waals surface area contributed by atoms with Gasteiger partial charge in [0.15, 0.2) is 0 Å². The lowest BCUT2D eigenvalue weighted by atomic mass is 10.0. The third-order valence-electron chi connectivity index (χ3n) is 4.09. The Morgan fingerprint density at radius 1 is 1.37 bits per heavy atom. The van der Waals surface area contributed by atoms with Crippen molar-refractivity contribution < 1.29 is 9.53 Å². The molecule has 1 unspecified atom stereocenters. The van der Waals surface area contributed by atoms with Crippen LogP contribution < -0.4 is 5.32 Å². The lowest BCUT2D eigenvalue weighted by Crippen LogP contribution is -2.46. The summed E-state index contributed by atoms with van der Waals surface area (Å²) >= 11 is 0. The molecular formula is C15H20N2O2. The Labute approximate surface area is 113 Å². The number of amides is 1. The van der Waals surface area contributed by atoms with Gasteiger partial charge < -0.3 is 15.0 Å². The van der Waals surface area contributed by atoms with Gasteiger partial charge in [-0.05, 0) is 43.1 Å². The minimum atomic E-state index is 0.148. The molecule has 0 aliphatic carbocycles.